The SMILES string of the molecule is COc1cc(OC)c2[nH]c(C(=O)OC(C)C(=O)Nc3cc([N+](=O)[O-])ccc3Cl)cc2c1. The molecule has 3 aromatic rings. The molecule has 1 heterocycles. The fourth-order valence-corrected chi connectivity index (χ4v) is 2.97. The molecule has 0 aliphatic rings. The standard InChI is InChI=1S/C20H18ClN3O7/c1-10(19(25)23-15-8-12(24(27)28)4-5-14(15)21)31-20(26)16-7-11-6-13(29-2)9-17(30-3)18(11)22-16/h4-10,22H,1-3H3,(H,23,25). The number of halogens is 1. The van der Waals surface area contributed by atoms with Crippen LogP contribution in [-0.2, 0) is 9.53 Å². The van der Waals surface area contributed by atoms with Crippen LogP contribution < -0.4 is 14.8 Å². The van der Waals surface area contributed by atoms with Gasteiger partial charge in [0.05, 0.1) is 35.4 Å². The van der Waals surface area contributed by atoms with Crippen molar-refractivity contribution in [3.05, 3.63) is 57.2 Å². The summed E-state index contributed by atoms with van der Waals surface area (Å²) >= 11 is 5.98. The first-order valence-corrected chi connectivity index (χ1v) is 9.31. The van der Waals surface area contributed by atoms with Crippen molar-refractivity contribution in [3.8, 4) is 11.5 Å². The number of esters is 1. The highest BCUT2D eigenvalue weighted by Gasteiger charge is 2.22. The van der Waals surface area contributed by atoms with Crippen LogP contribution in [0.25, 0.3) is 10.9 Å². The zero-order valence-electron chi connectivity index (χ0n) is 16.7. The Balaban J connectivity index is 1.75. The van der Waals surface area contributed by atoms with E-state index in [1.807, 2.05) is 0 Å². The average molecular weight is 448 g/mol. The summed E-state index contributed by atoms with van der Waals surface area (Å²) in [5.41, 5.74) is 0.461. The molecule has 1 amide bonds. The number of carbonyl (C=O) groups is 2. The second-order valence-electron chi connectivity index (χ2n) is 6.43. The molecule has 10 nitrogen and oxygen atoms in total. The minimum absolute atomic E-state index is 0.0335. The van der Waals surface area contributed by atoms with Crippen molar-refractivity contribution in [1.82, 2.24) is 4.98 Å². The lowest BCUT2D eigenvalue weighted by atomic mass is 10.2. The lowest BCUT2D eigenvalue weighted by molar-refractivity contribution is -0.384. The van der Waals surface area contributed by atoms with E-state index in [0.717, 1.165) is 6.07 Å². The first kappa shape index (κ1) is 21.9. The predicted octanol–water partition coefficient (Wildman–Crippen LogP) is 3.93. The summed E-state index contributed by atoms with van der Waals surface area (Å²) in [6.45, 7) is 1.37. The Morgan fingerprint density at radius 1 is 1.16 bits per heavy atom. The number of hydrogen-bond donors (Lipinski definition) is 2. The van der Waals surface area contributed by atoms with Gasteiger partial charge in [0.2, 0.25) is 0 Å². The van der Waals surface area contributed by atoms with Crippen molar-refractivity contribution in [2.24, 2.45) is 0 Å². The molecule has 31 heavy (non-hydrogen) atoms. The molecule has 0 fully saturated rings. The highest BCUT2D eigenvalue weighted by atomic mass is 35.5. The molecule has 0 radical (unpaired) electrons. The molecule has 0 aliphatic carbocycles. The molecule has 162 valence electrons. The molecule has 0 spiro atoms. The van der Waals surface area contributed by atoms with E-state index >= 15 is 0 Å². The van der Waals surface area contributed by atoms with E-state index in [1.165, 1.54) is 33.3 Å². The zero-order valence-corrected chi connectivity index (χ0v) is 17.5. The lowest BCUT2D eigenvalue weighted by Gasteiger charge is -2.13. The zero-order chi connectivity index (χ0) is 22.7. The number of nitro groups is 1. The van der Waals surface area contributed by atoms with Gasteiger partial charge in [0.1, 0.15) is 17.2 Å². The van der Waals surface area contributed by atoms with Gasteiger partial charge in [-0.25, -0.2) is 4.79 Å². The number of nitro benzene ring substituents is 1. The second kappa shape index (κ2) is 8.92. The normalized spacial score (nSPS) is 11.6. The fraction of sp³-hybridized carbons (Fsp3) is 0.200. The van der Waals surface area contributed by atoms with Crippen LogP contribution in [0.15, 0.2) is 36.4 Å². The summed E-state index contributed by atoms with van der Waals surface area (Å²) in [5.74, 6) is -0.458. The van der Waals surface area contributed by atoms with Crippen molar-refractivity contribution in [2.45, 2.75) is 13.0 Å². The van der Waals surface area contributed by atoms with Crippen molar-refractivity contribution >= 4 is 45.8 Å². The largest absolute Gasteiger partial charge is 0.497 e. The van der Waals surface area contributed by atoms with Crippen molar-refractivity contribution in [1.29, 1.82) is 0 Å². The molecule has 11 heteroatoms. The Kier molecular flexibility index (Phi) is 6.30. The number of benzene rings is 2. The van der Waals surface area contributed by atoms with E-state index in [2.05, 4.69) is 10.3 Å². The van der Waals surface area contributed by atoms with Gasteiger partial charge >= 0.3 is 5.97 Å². The van der Waals surface area contributed by atoms with E-state index in [0.29, 0.717) is 22.4 Å². The Morgan fingerprint density at radius 3 is 2.55 bits per heavy atom. The molecule has 0 saturated carbocycles. The van der Waals surface area contributed by atoms with Gasteiger partial charge in [-0.2, -0.15) is 0 Å². The summed E-state index contributed by atoms with van der Waals surface area (Å²) < 4.78 is 15.7. The first-order chi connectivity index (χ1) is 14.7. The number of aromatic amines is 1. The number of fused-ring (bicyclic) bond motifs is 1. The van der Waals surface area contributed by atoms with Crippen LogP contribution in [0.3, 0.4) is 0 Å². The van der Waals surface area contributed by atoms with Gasteiger partial charge in [0.25, 0.3) is 11.6 Å². The first-order valence-electron chi connectivity index (χ1n) is 8.94. The van der Waals surface area contributed by atoms with Gasteiger partial charge in [-0.3, -0.25) is 14.9 Å². The molecule has 1 atom stereocenters. The molecule has 0 aliphatic heterocycles. The molecule has 3 rings (SSSR count). The molecule has 1 aromatic heterocycles. The highest BCUT2D eigenvalue weighted by molar-refractivity contribution is 6.33. The van der Waals surface area contributed by atoms with Crippen LogP contribution in [0.1, 0.15) is 17.4 Å². The lowest BCUT2D eigenvalue weighted by Crippen LogP contribution is -2.30. The van der Waals surface area contributed by atoms with E-state index in [9.17, 15) is 19.7 Å². The smallest absolute Gasteiger partial charge is 0.355 e. The minimum atomic E-state index is -1.20. The number of hydrogen-bond acceptors (Lipinski definition) is 7. The maximum Gasteiger partial charge on any atom is 0.355 e. The van der Waals surface area contributed by atoms with E-state index in [1.54, 1.807) is 18.2 Å². The van der Waals surface area contributed by atoms with E-state index in [-0.39, 0.29) is 22.1 Å². The van der Waals surface area contributed by atoms with Gasteiger partial charge in [-0.1, -0.05) is 11.6 Å². The number of methoxy groups -OCH3 is 2. The molecule has 0 saturated heterocycles. The van der Waals surface area contributed by atoms with Gasteiger partial charge in [0, 0.05) is 23.6 Å². The monoisotopic (exact) mass is 447 g/mol. The molecule has 1 unspecified atom stereocenters. The van der Waals surface area contributed by atoms with Crippen LogP contribution in [0.5, 0.6) is 11.5 Å². The molecule has 2 aromatic carbocycles. The number of nitrogens with one attached hydrogen (secondary N) is 2. The van der Waals surface area contributed by atoms with Crippen LogP contribution in [0.2, 0.25) is 5.02 Å². The van der Waals surface area contributed by atoms with Crippen molar-refractivity contribution in [2.75, 3.05) is 19.5 Å². The van der Waals surface area contributed by atoms with Crippen LogP contribution in [0, 0.1) is 10.1 Å². The Hall–Kier alpha value is -3.79. The predicted molar refractivity (Wildman–Crippen MR) is 113 cm³/mol. The summed E-state index contributed by atoms with van der Waals surface area (Å²) in [6, 6.07) is 8.54. The Bertz CT molecular complexity index is 1180. The van der Waals surface area contributed by atoms with Gasteiger partial charge in [-0.15, -0.1) is 0 Å². The topological polar surface area (TPSA) is 133 Å². The molecular formula is C20H18ClN3O7. The Morgan fingerprint density at radius 2 is 1.90 bits per heavy atom. The third-order valence-electron chi connectivity index (χ3n) is 4.41. The highest BCUT2D eigenvalue weighted by Crippen LogP contribution is 2.31. The van der Waals surface area contributed by atoms with Crippen molar-refractivity contribution in [3.63, 3.8) is 0 Å². The Labute approximate surface area is 181 Å². The number of H-pyrrole nitrogens is 1. The number of rotatable bonds is 7. The maximum absolute atomic E-state index is 12.5. The number of carbonyl (C=O) groups excluding carboxylic acids is 2. The summed E-state index contributed by atoms with van der Waals surface area (Å²) in [7, 11) is 2.99. The van der Waals surface area contributed by atoms with Crippen LogP contribution >= 0.6 is 11.6 Å². The van der Waals surface area contributed by atoms with Crippen LogP contribution in [0.4, 0.5) is 11.4 Å². The number of aromatic nitrogens is 1. The number of non-ortho nitro benzene ring substituents is 1. The molecule has 2 N–H and O–H groups in total. The molecule has 0 bridgehead atoms. The second-order valence-corrected chi connectivity index (χ2v) is 6.84. The number of ether oxygens (including phenoxy) is 3. The van der Waals surface area contributed by atoms with E-state index < -0.39 is 22.9 Å². The summed E-state index contributed by atoms with van der Waals surface area (Å²) in [4.78, 5) is 38.1. The third kappa shape index (κ3) is 4.69. The average Bonchev–Trinajstić information content (AvgIpc) is 3.18. The fourth-order valence-electron chi connectivity index (χ4n) is 2.81. The van der Waals surface area contributed by atoms with Crippen molar-refractivity contribution < 1.29 is 28.7 Å². The van der Waals surface area contributed by atoms with Gasteiger partial charge in [-0.05, 0) is 25.1 Å². The number of amides is 1. The number of nitrogens with zero attached hydrogens (tertiary/aromatic N) is 1. The summed E-state index contributed by atoms with van der Waals surface area (Å²) in [6.07, 6.45) is -1.20. The molecular weight excluding hydrogens is 430 g/mol. The van der Waals surface area contributed by atoms with Crippen LogP contribution in [-0.4, -0.2) is 42.1 Å². The van der Waals surface area contributed by atoms with Gasteiger partial charge < -0.3 is 24.5 Å². The third-order valence-corrected chi connectivity index (χ3v) is 4.74. The van der Waals surface area contributed by atoms with E-state index in [4.69, 9.17) is 25.8 Å². The summed E-state index contributed by atoms with van der Waals surface area (Å²) in [5, 5.41) is 14.1. The quantitative estimate of drug-likeness (QED) is 0.318. The van der Waals surface area contributed by atoms with Gasteiger partial charge in [0.15, 0.2) is 6.10 Å². The maximum atomic E-state index is 12.5. The minimum Gasteiger partial charge on any atom is -0.497 e. The number of anilines is 1.